The van der Waals surface area contributed by atoms with E-state index in [1.807, 2.05) is 12.1 Å². The highest BCUT2D eigenvalue weighted by Crippen LogP contribution is 2.64. The summed E-state index contributed by atoms with van der Waals surface area (Å²) in [7, 11) is -8.06. The highest BCUT2D eigenvalue weighted by molar-refractivity contribution is 7.99. The number of benzene rings is 2. The molecule has 0 heterocycles. The zero-order valence-corrected chi connectivity index (χ0v) is 21.3. The van der Waals surface area contributed by atoms with Gasteiger partial charge in [-0.2, -0.15) is 83.1 Å². The molecule has 2 rings (SSSR count). The minimum absolute atomic E-state index is 1.11. The first-order chi connectivity index (χ1) is 19.0. The highest BCUT2D eigenvalue weighted by Gasteiger charge is 2.96. The largest absolute Gasteiger partial charge is 0.460 e. The SMILES string of the molecule is O=S(=O)(OF)C(F)(F)C(F)(F)C(F)(F)C(F)(F)C(F)(F)C(F)(F)C(F)(F)C(F)(F)F.c1ccc(Sc2ccccc2)cc1. The Morgan fingerprint density at radius 3 is 1.02 bits per heavy atom. The van der Waals surface area contributed by atoms with Crippen LogP contribution < -0.4 is 0 Å². The predicted octanol–water partition coefficient (Wildman–Crippen LogP) is 9.02. The zero-order chi connectivity index (χ0) is 34.1. The average molecular weight is 704 g/mol. The fourth-order valence-electron chi connectivity index (χ4n) is 2.46. The molecule has 2 aromatic rings. The van der Waals surface area contributed by atoms with Gasteiger partial charge < -0.3 is 0 Å². The van der Waals surface area contributed by atoms with Crippen molar-refractivity contribution in [1.82, 2.24) is 0 Å². The van der Waals surface area contributed by atoms with Crippen molar-refractivity contribution in [1.29, 1.82) is 0 Å². The Balaban J connectivity index is 0.000000580. The zero-order valence-electron chi connectivity index (χ0n) is 19.6. The second-order valence-electron chi connectivity index (χ2n) is 7.71. The predicted molar refractivity (Wildman–Crippen MR) is 109 cm³/mol. The van der Waals surface area contributed by atoms with Gasteiger partial charge in [-0.05, 0) is 28.8 Å². The highest BCUT2D eigenvalue weighted by atomic mass is 32.2. The van der Waals surface area contributed by atoms with Crippen LogP contribution in [-0.2, 0) is 14.5 Å². The molecule has 0 aliphatic rings. The van der Waals surface area contributed by atoms with Gasteiger partial charge in [0.1, 0.15) is 0 Å². The molecule has 0 saturated carbocycles. The van der Waals surface area contributed by atoms with Crippen LogP contribution in [0.25, 0.3) is 0 Å². The van der Waals surface area contributed by atoms with Crippen LogP contribution in [0.3, 0.4) is 0 Å². The lowest BCUT2D eigenvalue weighted by Gasteiger charge is -2.42. The molecular weight excluding hydrogens is 694 g/mol. The Labute approximate surface area is 231 Å². The molecule has 43 heavy (non-hydrogen) atoms. The molecule has 0 bridgehead atoms. The third-order valence-electron chi connectivity index (χ3n) is 4.81. The molecule has 0 aromatic heterocycles. The van der Waals surface area contributed by atoms with Gasteiger partial charge in [-0.3, -0.25) is 0 Å². The molecule has 0 aliphatic carbocycles. The minimum Gasteiger partial charge on any atom is -0.192 e. The van der Waals surface area contributed by atoms with E-state index in [9.17, 15) is 87.6 Å². The Morgan fingerprint density at radius 1 is 0.465 bits per heavy atom. The van der Waals surface area contributed by atoms with Crippen LogP contribution in [0.2, 0.25) is 0 Å². The Kier molecular flexibility index (Phi) is 10.8. The molecule has 0 atom stereocenters. The van der Waals surface area contributed by atoms with E-state index in [1.165, 1.54) is 9.79 Å². The smallest absolute Gasteiger partial charge is 0.192 e. The molecule has 23 heteroatoms. The maximum atomic E-state index is 13.1. The Hall–Kier alpha value is -2.56. The van der Waals surface area contributed by atoms with Crippen molar-refractivity contribution >= 4 is 21.9 Å². The van der Waals surface area contributed by atoms with Crippen LogP contribution in [-0.4, -0.2) is 55.4 Å². The summed E-state index contributed by atoms with van der Waals surface area (Å²) in [6, 6.07) is 20.8. The lowest BCUT2D eigenvalue weighted by atomic mass is 9.91. The Bertz CT molecular complexity index is 1280. The number of hydrogen-bond donors (Lipinski definition) is 0. The van der Waals surface area contributed by atoms with Gasteiger partial charge in [0.05, 0.1) is 0 Å². The van der Waals surface area contributed by atoms with Gasteiger partial charge >= 0.3 is 57.1 Å². The summed E-state index contributed by atoms with van der Waals surface area (Å²) in [5.41, 5.74) is 0. The molecule has 246 valence electrons. The van der Waals surface area contributed by atoms with E-state index < -0.39 is 57.1 Å². The molecule has 2 aromatic carbocycles. The normalized spacial score (nSPS) is 14.7. The van der Waals surface area contributed by atoms with Crippen molar-refractivity contribution in [2.24, 2.45) is 0 Å². The monoisotopic (exact) mass is 704 g/mol. The van der Waals surface area contributed by atoms with Gasteiger partial charge in [-0.15, -0.1) is 0 Å². The van der Waals surface area contributed by atoms with Crippen LogP contribution in [0.1, 0.15) is 0 Å². The molecule has 0 aliphatic heterocycles. The van der Waals surface area contributed by atoms with Crippen molar-refractivity contribution in [2.75, 3.05) is 0 Å². The summed E-state index contributed by atoms with van der Waals surface area (Å²) in [5, 5.41) is -7.99. The van der Waals surface area contributed by atoms with Gasteiger partial charge in [0.25, 0.3) is 0 Å². The van der Waals surface area contributed by atoms with E-state index >= 15 is 0 Å². The van der Waals surface area contributed by atoms with Gasteiger partial charge in [0.15, 0.2) is 0 Å². The first kappa shape index (κ1) is 38.5. The van der Waals surface area contributed by atoms with E-state index in [4.69, 9.17) is 0 Å². The summed E-state index contributed by atoms with van der Waals surface area (Å²) < 4.78 is 249. The van der Waals surface area contributed by atoms with Crippen molar-refractivity contribution < 1.29 is 92.0 Å². The van der Waals surface area contributed by atoms with Gasteiger partial charge in [-0.1, -0.05) is 52.5 Å². The van der Waals surface area contributed by atoms with Gasteiger partial charge in [-0.25, -0.2) is 0 Å². The van der Waals surface area contributed by atoms with E-state index in [0.29, 0.717) is 0 Å². The maximum Gasteiger partial charge on any atom is 0.460 e. The maximum absolute atomic E-state index is 13.1. The number of rotatable bonds is 10. The van der Waals surface area contributed by atoms with Crippen molar-refractivity contribution in [3.63, 3.8) is 0 Å². The fourth-order valence-corrected chi connectivity index (χ4v) is 3.84. The van der Waals surface area contributed by atoms with Gasteiger partial charge in [0.2, 0.25) is 0 Å². The number of halogens is 18. The topological polar surface area (TPSA) is 43.4 Å². The van der Waals surface area contributed by atoms with E-state index in [2.05, 4.69) is 48.5 Å². The molecule has 0 radical (unpaired) electrons. The number of alkyl halides is 17. The second-order valence-corrected chi connectivity index (χ2v) is 10.4. The van der Waals surface area contributed by atoms with Crippen LogP contribution in [0.4, 0.5) is 79.2 Å². The molecule has 0 amide bonds. The second kappa shape index (κ2) is 12.1. The molecule has 3 nitrogen and oxygen atoms in total. The summed E-state index contributed by atoms with van der Waals surface area (Å²) >= 11 is 1.79. The molecule has 0 unspecified atom stereocenters. The minimum atomic E-state index is -8.96. The van der Waals surface area contributed by atoms with Crippen LogP contribution in [0.5, 0.6) is 0 Å². The molecule has 0 spiro atoms. The standard InChI is InChI=1S/C12H10S.C8F18O3S/c1-3-7-11(8-4-1)13-12-9-5-2-6-10-12;9-1(10,3(13,14)5(17,18)7(21,22)23)2(11,12)4(15,16)6(19,20)8(24,25)30(27,28)29-26/h1-10H;. The lowest BCUT2D eigenvalue weighted by molar-refractivity contribution is -0.458. The summed E-state index contributed by atoms with van der Waals surface area (Å²) in [5.74, 6) is -52.4. The van der Waals surface area contributed by atoms with Crippen LogP contribution >= 0.6 is 11.8 Å². The third-order valence-corrected chi connectivity index (χ3v) is 6.88. The quantitative estimate of drug-likeness (QED) is 0.232. The van der Waals surface area contributed by atoms with Crippen LogP contribution in [0, 0.1) is 0 Å². The summed E-state index contributed by atoms with van der Waals surface area (Å²) in [6.45, 7) is 0. The van der Waals surface area contributed by atoms with Crippen molar-refractivity contribution in [3.05, 3.63) is 60.7 Å². The molecule has 0 fully saturated rings. The first-order valence-corrected chi connectivity index (χ1v) is 12.3. The summed E-state index contributed by atoms with van der Waals surface area (Å²) in [4.78, 5) is 2.57. The number of hydrogen-bond acceptors (Lipinski definition) is 4. The van der Waals surface area contributed by atoms with E-state index in [-0.39, 0.29) is 0 Å². The summed E-state index contributed by atoms with van der Waals surface area (Å²) in [6.07, 6.45) is -7.91. The lowest BCUT2D eigenvalue weighted by Crippen LogP contribution is -2.75. The van der Waals surface area contributed by atoms with Crippen LogP contribution in [0.15, 0.2) is 70.5 Å². The van der Waals surface area contributed by atoms with Crippen molar-refractivity contribution in [2.45, 2.75) is 56.8 Å². The molecule has 0 N–H and O–H groups in total. The average Bonchev–Trinajstić information content (AvgIpc) is 2.88. The molecule has 0 saturated heterocycles. The van der Waals surface area contributed by atoms with E-state index in [0.717, 1.165) is 4.39 Å². The Morgan fingerprint density at radius 2 is 0.744 bits per heavy atom. The molecular formula is C20H10F18O3S2. The van der Waals surface area contributed by atoms with Gasteiger partial charge in [0, 0.05) is 9.79 Å². The van der Waals surface area contributed by atoms with Crippen molar-refractivity contribution in [3.8, 4) is 0 Å². The third kappa shape index (κ3) is 6.47. The first-order valence-electron chi connectivity index (χ1n) is 10.1. The van der Waals surface area contributed by atoms with E-state index in [1.54, 1.807) is 11.8 Å². The fraction of sp³-hybridized carbons (Fsp3) is 0.400.